The Morgan fingerprint density at radius 2 is 1.89 bits per heavy atom. The Morgan fingerprint density at radius 1 is 1.18 bits per heavy atom. The Balaban J connectivity index is 1.82. The number of amides is 1. The fourth-order valence-electron chi connectivity index (χ4n) is 3.50. The van der Waals surface area contributed by atoms with Crippen LogP contribution in [0.2, 0.25) is 0 Å². The minimum Gasteiger partial charge on any atom is -0.339 e. The summed E-state index contributed by atoms with van der Waals surface area (Å²) in [5.41, 5.74) is 0.678. The first-order valence-corrected chi connectivity index (χ1v) is 11.1. The van der Waals surface area contributed by atoms with Crippen LogP contribution in [0.3, 0.4) is 0 Å². The Labute approximate surface area is 170 Å². The van der Waals surface area contributed by atoms with Gasteiger partial charge in [-0.25, -0.2) is 4.98 Å². The Kier molecular flexibility index (Phi) is 7.13. The Bertz CT molecular complexity index is 874. The molecule has 1 aromatic carbocycles. The maximum absolute atomic E-state index is 13.0. The van der Waals surface area contributed by atoms with Crippen LogP contribution in [0.1, 0.15) is 33.6 Å². The average molecular weight is 403 g/mol. The number of rotatable bonds is 7. The van der Waals surface area contributed by atoms with Gasteiger partial charge in [-0.3, -0.25) is 14.2 Å². The molecule has 1 aliphatic heterocycles. The van der Waals surface area contributed by atoms with Gasteiger partial charge in [-0.15, -0.1) is 0 Å². The highest BCUT2D eigenvalue weighted by molar-refractivity contribution is 8.00. The number of nitrogens with zero attached hydrogens (tertiary/aromatic N) is 4. The van der Waals surface area contributed by atoms with Crippen molar-refractivity contribution in [3.63, 3.8) is 0 Å². The van der Waals surface area contributed by atoms with Gasteiger partial charge in [-0.1, -0.05) is 44.2 Å². The number of hydrogen-bond donors (Lipinski definition) is 0. The van der Waals surface area contributed by atoms with Gasteiger partial charge in [0.2, 0.25) is 5.91 Å². The molecule has 0 bridgehead atoms. The Morgan fingerprint density at radius 3 is 2.57 bits per heavy atom. The summed E-state index contributed by atoms with van der Waals surface area (Å²) in [7, 11) is 0. The van der Waals surface area contributed by atoms with Crippen molar-refractivity contribution in [2.45, 2.75) is 50.6 Å². The van der Waals surface area contributed by atoms with Gasteiger partial charge in [0.25, 0.3) is 5.56 Å². The van der Waals surface area contributed by atoms with E-state index in [2.05, 4.69) is 18.7 Å². The second-order valence-corrected chi connectivity index (χ2v) is 8.55. The van der Waals surface area contributed by atoms with E-state index in [-0.39, 0.29) is 16.7 Å². The normalized spacial score (nSPS) is 16.5. The molecule has 1 aliphatic rings. The number of aromatic nitrogens is 2. The summed E-state index contributed by atoms with van der Waals surface area (Å²) in [6, 6.07) is 7.44. The quantitative estimate of drug-likeness (QED) is 0.526. The van der Waals surface area contributed by atoms with Gasteiger partial charge < -0.3 is 9.80 Å². The topological polar surface area (TPSA) is 58.4 Å². The molecule has 1 amide bonds. The molecule has 0 N–H and O–H groups in total. The molecule has 7 heteroatoms. The van der Waals surface area contributed by atoms with Crippen molar-refractivity contribution in [3.8, 4) is 0 Å². The monoisotopic (exact) mass is 402 g/mol. The van der Waals surface area contributed by atoms with E-state index in [1.54, 1.807) is 4.57 Å². The second kappa shape index (κ2) is 9.56. The summed E-state index contributed by atoms with van der Waals surface area (Å²) in [6.45, 7) is 11.2. The molecule has 3 rings (SSSR count). The Hall–Kier alpha value is -1.86. The largest absolute Gasteiger partial charge is 0.339 e. The SMILES string of the molecule is CCCCn1c(SC(C)C(=O)N2CCN(CC)CC2)nc2ccccc2c1=O. The van der Waals surface area contributed by atoms with Crippen LogP contribution in [0.25, 0.3) is 10.9 Å². The summed E-state index contributed by atoms with van der Waals surface area (Å²) in [4.78, 5) is 35.0. The van der Waals surface area contributed by atoms with Gasteiger partial charge in [0.1, 0.15) is 0 Å². The predicted molar refractivity (Wildman–Crippen MR) is 115 cm³/mol. The zero-order valence-electron chi connectivity index (χ0n) is 17.1. The number of thioether (sulfide) groups is 1. The van der Waals surface area contributed by atoms with E-state index in [0.29, 0.717) is 22.6 Å². The summed E-state index contributed by atoms with van der Waals surface area (Å²) < 4.78 is 1.75. The number of fused-ring (bicyclic) bond motifs is 1. The molecular weight excluding hydrogens is 372 g/mol. The molecule has 0 spiro atoms. The van der Waals surface area contributed by atoms with E-state index in [4.69, 9.17) is 4.98 Å². The lowest BCUT2D eigenvalue weighted by Crippen LogP contribution is -2.50. The van der Waals surface area contributed by atoms with Crippen LogP contribution in [0.15, 0.2) is 34.2 Å². The van der Waals surface area contributed by atoms with Gasteiger partial charge in [-0.2, -0.15) is 0 Å². The van der Waals surface area contributed by atoms with Crippen LogP contribution < -0.4 is 5.56 Å². The minimum atomic E-state index is -0.269. The minimum absolute atomic E-state index is 0.0160. The van der Waals surface area contributed by atoms with Crippen LogP contribution in [-0.4, -0.2) is 63.2 Å². The molecular formula is C21H30N4O2S. The molecule has 0 saturated carbocycles. The number of carbonyl (C=O) groups is 1. The van der Waals surface area contributed by atoms with Gasteiger partial charge >= 0.3 is 0 Å². The number of carbonyl (C=O) groups excluding carboxylic acids is 1. The molecule has 1 unspecified atom stereocenters. The van der Waals surface area contributed by atoms with E-state index in [1.807, 2.05) is 36.1 Å². The van der Waals surface area contributed by atoms with E-state index in [0.717, 1.165) is 45.6 Å². The van der Waals surface area contributed by atoms with Gasteiger partial charge in [0, 0.05) is 32.7 Å². The third kappa shape index (κ3) is 4.58. The highest BCUT2D eigenvalue weighted by Gasteiger charge is 2.26. The van der Waals surface area contributed by atoms with E-state index < -0.39 is 0 Å². The molecule has 6 nitrogen and oxygen atoms in total. The van der Waals surface area contributed by atoms with Crippen LogP contribution in [-0.2, 0) is 11.3 Å². The van der Waals surface area contributed by atoms with Crippen molar-refractivity contribution in [2.75, 3.05) is 32.7 Å². The van der Waals surface area contributed by atoms with Crippen LogP contribution in [0, 0.1) is 0 Å². The smallest absolute Gasteiger partial charge is 0.262 e. The molecule has 1 fully saturated rings. The fourth-order valence-corrected chi connectivity index (χ4v) is 4.52. The summed E-state index contributed by atoms with van der Waals surface area (Å²) in [5, 5.41) is 1.01. The van der Waals surface area contributed by atoms with Crippen molar-refractivity contribution >= 4 is 28.6 Å². The summed E-state index contributed by atoms with van der Waals surface area (Å²) >= 11 is 1.40. The standard InChI is InChI=1S/C21H30N4O2S/c1-4-6-11-25-20(27)17-9-7-8-10-18(17)22-21(25)28-16(3)19(26)24-14-12-23(5-2)13-15-24/h7-10,16H,4-6,11-15H2,1-3H3. The van der Waals surface area contributed by atoms with Gasteiger partial charge in [0.05, 0.1) is 16.2 Å². The molecule has 0 aliphatic carbocycles. The second-order valence-electron chi connectivity index (χ2n) is 7.24. The van der Waals surface area contributed by atoms with E-state index in [9.17, 15) is 9.59 Å². The summed E-state index contributed by atoms with van der Waals surface area (Å²) in [5.74, 6) is 0.130. The lowest BCUT2D eigenvalue weighted by molar-refractivity contribution is -0.132. The maximum Gasteiger partial charge on any atom is 0.262 e. The summed E-state index contributed by atoms with van der Waals surface area (Å²) in [6.07, 6.45) is 1.91. The number of para-hydroxylation sites is 1. The third-order valence-corrected chi connectivity index (χ3v) is 6.40. The van der Waals surface area contributed by atoms with E-state index >= 15 is 0 Å². The molecule has 2 aromatic rings. The number of likely N-dealkylation sites (N-methyl/N-ethyl adjacent to an activating group) is 1. The molecule has 28 heavy (non-hydrogen) atoms. The molecule has 1 aromatic heterocycles. The first kappa shape index (κ1) is 20.9. The number of hydrogen-bond acceptors (Lipinski definition) is 5. The highest BCUT2D eigenvalue weighted by atomic mass is 32.2. The number of unbranched alkanes of at least 4 members (excludes halogenated alkanes) is 1. The highest BCUT2D eigenvalue weighted by Crippen LogP contribution is 2.24. The van der Waals surface area contributed by atoms with Crippen molar-refractivity contribution in [3.05, 3.63) is 34.6 Å². The van der Waals surface area contributed by atoms with E-state index in [1.165, 1.54) is 11.8 Å². The van der Waals surface area contributed by atoms with Crippen molar-refractivity contribution in [2.24, 2.45) is 0 Å². The predicted octanol–water partition coefficient (Wildman–Crippen LogP) is 2.84. The van der Waals surface area contributed by atoms with Gasteiger partial charge in [0.15, 0.2) is 5.16 Å². The fraction of sp³-hybridized carbons (Fsp3) is 0.571. The lowest BCUT2D eigenvalue weighted by Gasteiger charge is -2.35. The van der Waals surface area contributed by atoms with Crippen LogP contribution >= 0.6 is 11.8 Å². The first-order valence-electron chi connectivity index (χ1n) is 10.2. The van der Waals surface area contributed by atoms with Gasteiger partial charge in [-0.05, 0) is 32.0 Å². The lowest BCUT2D eigenvalue weighted by atomic mass is 10.2. The maximum atomic E-state index is 13.0. The van der Waals surface area contributed by atoms with Crippen molar-refractivity contribution in [1.82, 2.24) is 19.4 Å². The third-order valence-electron chi connectivity index (χ3n) is 5.32. The van der Waals surface area contributed by atoms with Crippen LogP contribution in [0.4, 0.5) is 0 Å². The zero-order chi connectivity index (χ0) is 20.1. The molecule has 0 radical (unpaired) electrons. The van der Waals surface area contributed by atoms with Crippen molar-refractivity contribution < 1.29 is 4.79 Å². The first-order chi connectivity index (χ1) is 13.5. The molecule has 152 valence electrons. The van der Waals surface area contributed by atoms with Crippen molar-refractivity contribution in [1.29, 1.82) is 0 Å². The van der Waals surface area contributed by atoms with Crippen LogP contribution in [0.5, 0.6) is 0 Å². The molecule has 1 saturated heterocycles. The number of piperazine rings is 1. The number of benzene rings is 1. The zero-order valence-corrected chi connectivity index (χ0v) is 17.9. The average Bonchev–Trinajstić information content (AvgIpc) is 2.73. The molecule has 1 atom stereocenters. The molecule has 2 heterocycles.